The van der Waals surface area contributed by atoms with Gasteiger partial charge in [-0.2, -0.15) is 0 Å². The maximum atomic E-state index is 12.8. The summed E-state index contributed by atoms with van der Waals surface area (Å²) in [4.78, 5) is 38.4. The molecule has 1 aliphatic rings. The summed E-state index contributed by atoms with van der Waals surface area (Å²) in [6, 6.07) is 1.16. The summed E-state index contributed by atoms with van der Waals surface area (Å²) in [6.45, 7) is 1.73. The monoisotopic (exact) mass is 370 g/mol. The summed E-state index contributed by atoms with van der Waals surface area (Å²) < 4.78 is 6.52. The van der Waals surface area contributed by atoms with Crippen molar-refractivity contribution in [2.45, 2.75) is 56.6 Å². The third kappa shape index (κ3) is 4.39. The van der Waals surface area contributed by atoms with Gasteiger partial charge in [0.2, 0.25) is 5.72 Å². The zero-order chi connectivity index (χ0) is 19.3. The lowest BCUT2D eigenvalue weighted by Gasteiger charge is -2.29. The zero-order valence-electron chi connectivity index (χ0n) is 14.7. The molecule has 1 fully saturated rings. The molecule has 4 atom stereocenters. The van der Waals surface area contributed by atoms with Crippen LogP contribution < -0.4 is 22.3 Å². The van der Waals surface area contributed by atoms with Gasteiger partial charge >= 0.3 is 5.69 Å². The summed E-state index contributed by atoms with van der Waals surface area (Å²) in [5.41, 5.74) is 2.39. The first-order valence-electron chi connectivity index (χ1n) is 8.63. The van der Waals surface area contributed by atoms with E-state index in [0.29, 0.717) is 13.0 Å². The Bertz CT molecular complexity index is 730. The first-order chi connectivity index (χ1) is 12.3. The van der Waals surface area contributed by atoms with Gasteiger partial charge in [0.05, 0.1) is 12.7 Å². The molecule has 1 amide bonds. The third-order valence-corrected chi connectivity index (χ3v) is 4.38. The van der Waals surface area contributed by atoms with Crippen LogP contribution in [0.2, 0.25) is 0 Å². The highest BCUT2D eigenvalue weighted by atomic mass is 16.6. The van der Waals surface area contributed by atoms with Crippen LogP contribution in [0.15, 0.2) is 21.9 Å². The second-order valence-corrected chi connectivity index (χ2v) is 6.60. The second kappa shape index (κ2) is 8.58. The van der Waals surface area contributed by atoms with E-state index in [-0.39, 0.29) is 12.5 Å². The molecule has 0 aromatic carbocycles. The molecule has 1 aromatic heterocycles. The quantitative estimate of drug-likeness (QED) is 0.330. The van der Waals surface area contributed by atoms with Crippen LogP contribution in [0.25, 0.3) is 0 Å². The number of aromatic nitrogens is 2. The molecule has 10 nitrogen and oxygen atoms in total. The van der Waals surface area contributed by atoms with Gasteiger partial charge in [0.1, 0.15) is 6.10 Å². The van der Waals surface area contributed by atoms with Crippen molar-refractivity contribution in [3.8, 4) is 0 Å². The van der Waals surface area contributed by atoms with Gasteiger partial charge in [-0.15, -0.1) is 0 Å². The van der Waals surface area contributed by atoms with Crippen molar-refractivity contribution in [3.63, 3.8) is 0 Å². The summed E-state index contributed by atoms with van der Waals surface area (Å²) in [5.74, 6) is -0.623. The van der Waals surface area contributed by atoms with Gasteiger partial charge < -0.3 is 26.0 Å². The van der Waals surface area contributed by atoms with Crippen LogP contribution in [0, 0.1) is 0 Å². The van der Waals surface area contributed by atoms with Crippen molar-refractivity contribution >= 4 is 5.91 Å². The predicted molar refractivity (Wildman–Crippen MR) is 92.4 cm³/mol. The molecule has 1 aliphatic heterocycles. The Morgan fingerprint density at radius 1 is 1.54 bits per heavy atom. The SMILES string of the molecule is CC(N)CCCCNC(=O)[C@]1(n2ccc(=O)[nH]c2=O)C[C@H](O)[C@@H](CO)O1. The Morgan fingerprint density at radius 2 is 2.27 bits per heavy atom. The molecule has 1 saturated heterocycles. The Labute approximate surface area is 150 Å². The second-order valence-electron chi connectivity index (χ2n) is 6.60. The van der Waals surface area contributed by atoms with E-state index in [1.54, 1.807) is 0 Å². The van der Waals surface area contributed by atoms with E-state index in [0.717, 1.165) is 29.7 Å². The number of nitrogens with two attached hydrogens (primary N) is 1. The number of hydrogen-bond acceptors (Lipinski definition) is 7. The summed E-state index contributed by atoms with van der Waals surface area (Å²) >= 11 is 0. The number of aromatic amines is 1. The van der Waals surface area contributed by atoms with E-state index in [2.05, 4.69) is 10.3 Å². The standard InChI is InChI=1S/C16H26N4O6/c1-10(17)4-2-3-6-18-14(24)16(8-11(22)12(9-21)26-16)20-7-5-13(23)19-15(20)25/h5,7,10-12,21-22H,2-4,6,8-9,17H2,1H3,(H,18,24)(H,19,23,25)/t10?,11-,12+,16-/m0/s1. The van der Waals surface area contributed by atoms with Crippen LogP contribution in [0.4, 0.5) is 0 Å². The van der Waals surface area contributed by atoms with E-state index in [1.807, 2.05) is 6.92 Å². The van der Waals surface area contributed by atoms with E-state index in [9.17, 15) is 24.6 Å². The number of amides is 1. The molecular weight excluding hydrogens is 344 g/mol. The average Bonchev–Trinajstić information content (AvgIpc) is 2.91. The number of aliphatic hydroxyl groups excluding tert-OH is 2. The van der Waals surface area contributed by atoms with Crippen LogP contribution >= 0.6 is 0 Å². The fourth-order valence-corrected chi connectivity index (χ4v) is 2.99. The summed E-state index contributed by atoms with van der Waals surface area (Å²) in [6.07, 6.45) is 1.10. The number of rotatable bonds is 8. The van der Waals surface area contributed by atoms with Crippen molar-refractivity contribution in [1.29, 1.82) is 0 Å². The zero-order valence-corrected chi connectivity index (χ0v) is 14.7. The lowest BCUT2D eigenvalue weighted by atomic mass is 10.0. The molecule has 1 aromatic rings. The number of nitrogens with zero attached hydrogens (tertiary/aromatic N) is 1. The predicted octanol–water partition coefficient (Wildman–Crippen LogP) is -2.03. The number of nitrogens with one attached hydrogen (secondary N) is 2. The lowest BCUT2D eigenvalue weighted by Crippen LogP contribution is -2.54. The highest BCUT2D eigenvalue weighted by molar-refractivity contribution is 5.83. The van der Waals surface area contributed by atoms with Crippen LogP contribution in [0.5, 0.6) is 0 Å². The number of unbranched alkanes of at least 4 members (excludes halogenated alkanes) is 1. The highest BCUT2D eigenvalue weighted by Crippen LogP contribution is 2.34. The van der Waals surface area contributed by atoms with E-state index in [1.165, 1.54) is 0 Å². The van der Waals surface area contributed by atoms with Gasteiger partial charge in [-0.3, -0.25) is 19.1 Å². The Kier molecular flexibility index (Phi) is 6.70. The van der Waals surface area contributed by atoms with Crippen molar-refractivity contribution < 1.29 is 19.7 Å². The molecule has 1 unspecified atom stereocenters. The number of hydrogen-bond donors (Lipinski definition) is 5. The minimum atomic E-state index is -1.84. The lowest BCUT2D eigenvalue weighted by molar-refractivity contribution is -0.164. The fourth-order valence-electron chi connectivity index (χ4n) is 2.99. The maximum Gasteiger partial charge on any atom is 0.331 e. The highest BCUT2D eigenvalue weighted by Gasteiger charge is 2.53. The van der Waals surface area contributed by atoms with Crippen LogP contribution in [-0.2, 0) is 15.3 Å². The van der Waals surface area contributed by atoms with Gasteiger partial charge in [0.25, 0.3) is 11.5 Å². The van der Waals surface area contributed by atoms with Gasteiger partial charge in [0, 0.05) is 31.3 Å². The largest absolute Gasteiger partial charge is 0.394 e. The van der Waals surface area contributed by atoms with Crippen LogP contribution in [-0.4, -0.2) is 57.1 Å². The average molecular weight is 370 g/mol. The molecule has 0 saturated carbocycles. The van der Waals surface area contributed by atoms with Crippen molar-refractivity contribution in [2.75, 3.05) is 13.2 Å². The Balaban J connectivity index is 2.21. The number of carbonyl (C=O) groups excluding carboxylic acids is 1. The molecule has 0 radical (unpaired) electrons. The molecule has 2 rings (SSSR count). The van der Waals surface area contributed by atoms with Gasteiger partial charge in [-0.25, -0.2) is 4.79 Å². The Hall–Kier alpha value is -2.01. The topological polar surface area (TPSA) is 160 Å². The molecule has 26 heavy (non-hydrogen) atoms. The summed E-state index contributed by atoms with van der Waals surface area (Å²) in [5, 5.41) is 22.1. The van der Waals surface area contributed by atoms with Crippen LogP contribution in [0.1, 0.15) is 32.6 Å². The van der Waals surface area contributed by atoms with Crippen LogP contribution in [0.3, 0.4) is 0 Å². The van der Waals surface area contributed by atoms with Gasteiger partial charge in [-0.1, -0.05) is 6.42 Å². The molecule has 2 heterocycles. The van der Waals surface area contributed by atoms with Crippen molar-refractivity contribution in [3.05, 3.63) is 33.1 Å². The van der Waals surface area contributed by atoms with Crippen molar-refractivity contribution in [1.82, 2.24) is 14.9 Å². The number of carbonyl (C=O) groups is 1. The van der Waals surface area contributed by atoms with Gasteiger partial charge in [-0.05, 0) is 19.8 Å². The normalized spacial score (nSPS) is 26.6. The fraction of sp³-hybridized carbons (Fsp3) is 0.688. The molecule has 6 N–H and O–H groups in total. The van der Waals surface area contributed by atoms with E-state index < -0.39 is 41.7 Å². The molecular formula is C16H26N4O6. The van der Waals surface area contributed by atoms with Crippen molar-refractivity contribution in [2.24, 2.45) is 5.73 Å². The Morgan fingerprint density at radius 3 is 2.85 bits per heavy atom. The number of aliphatic hydroxyl groups is 2. The molecule has 0 spiro atoms. The number of ether oxygens (including phenoxy) is 1. The summed E-state index contributed by atoms with van der Waals surface area (Å²) in [7, 11) is 0. The molecule has 146 valence electrons. The minimum absolute atomic E-state index is 0.0791. The maximum absolute atomic E-state index is 12.8. The third-order valence-electron chi connectivity index (χ3n) is 4.38. The molecule has 0 aliphatic carbocycles. The first kappa shape index (κ1) is 20.3. The molecule has 0 bridgehead atoms. The smallest absolute Gasteiger partial charge is 0.331 e. The van der Waals surface area contributed by atoms with E-state index >= 15 is 0 Å². The first-order valence-corrected chi connectivity index (χ1v) is 8.63. The molecule has 10 heteroatoms. The van der Waals surface area contributed by atoms with Gasteiger partial charge in [0.15, 0.2) is 0 Å². The number of H-pyrrole nitrogens is 1. The minimum Gasteiger partial charge on any atom is -0.394 e. The van der Waals surface area contributed by atoms with E-state index in [4.69, 9.17) is 10.5 Å².